The van der Waals surface area contributed by atoms with Gasteiger partial charge in [0.25, 0.3) is 0 Å². The fourth-order valence-corrected chi connectivity index (χ4v) is 7.14. The van der Waals surface area contributed by atoms with Crippen LogP contribution in [-0.2, 0) is 15.1 Å². The molecular formula is C15H20F6O2Sn. The SMILES string of the molecule is COCOC(c1cc(C)cc[c]1[Sn]([CH3])([CH3])[CH3])(C(F)(F)F)C(F)(F)F. The summed E-state index contributed by atoms with van der Waals surface area (Å²) < 4.78 is 91.0. The van der Waals surface area contributed by atoms with Crippen LogP contribution in [0.4, 0.5) is 26.3 Å². The van der Waals surface area contributed by atoms with Crippen LogP contribution < -0.4 is 3.58 Å². The molecule has 0 aliphatic rings. The first-order chi connectivity index (χ1) is 10.7. The Hall–Kier alpha value is -0.481. The Balaban J connectivity index is 3.89. The van der Waals surface area contributed by atoms with E-state index in [-0.39, 0.29) is 3.58 Å². The number of aryl methyl sites for hydroxylation is 1. The Morgan fingerprint density at radius 3 is 1.83 bits per heavy atom. The number of alkyl halides is 6. The standard InChI is InChI=1S/C12H11F6O2.3CH3.Sn/c1-8-4-3-5-9(6-8)10(11(13,14)15,12(16,17)18)20-7-19-2;;;;/h3-4,6H,7H2,1-2H3;3*1H3;. The molecule has 0 saturated heterocycles. The summed E-state index contributed by atoms with van der Waals surface area (Å²) in [7, 11) is 0.970. The van der Waals surface area contributed by atoms with Gasteiger partial charge in [-0.1, -0.05) is 0 Å². The summed E-state index contributed by atoms with van der Waals surface area (Å²) in [6.45, 7) is 0.311. The van der Waals surface area contributed by atoms with Gasteiger partial charge in [-0.2, -0.15) is 0 Å². The predicted octanol–water partition coefficient (Wildman–Crippen LogP) is 4.48. The maximum absolute atomic E-state index is 13.7. The van der Waals surface area contributed by atoms with E-state index >= 15 is 0 Å². The number of benzene rings is 1. The van der Waals surface area contributed by atoms with Gasteiger partial charge in [0.15, 0.2) is 0 Å². The van der Waals surface area contributed by atoms with Crippen molar-refractivity contribution in [3.63, 3.8) is 0 Å². The second kappa shape index (κ2) is 7.03. The topological polar surface area (TPSA) is 18.5 Å². The number of ether oxygens (including phenoxy) is 2. The van der Waals surface area contributed by atoms with Gasteiger partial charge in [0.1, 0.15) is 0 Å². The summed E-state index contributed by atoms with van der Waals surface area (Å²) in [5, 5.41) is 0. The summed E-state index contributed by atoms with van der Waals surface area (Å²) in [6.07, 6.45) is -11.4. The number of methoxy groups -OCH3 is 1. The third-order valence-corrected chi connectivity index (χ3v) is 9.41. The van der Waals surface area contributed by atoms with E-state index in [2.05, 4.69) is 9.47 Å². The zero-order valence-electron chi connectivity index (χ0n) is 14.0. The van der Waals surface area contributed by atoms with Gasteiger partial charge in [-0.05, 0) is 0 Å². The van der Waals surface area contributed by atoms with Crippen molar-refractivity contribution in [2.75, 3.05) is 13.9 Å². The number of halogens is 6. The quantitative estimate of drug-likeness (QED) is 0.363. The molecule has 0 N–H and O–H groups in total. The second-order valence-electron chi connectivity index (χ2n) is 6.53. The molecule has 9 heteroatoms. The predicted molar refractivity (Wildman–Crippen MR) is 80.9 cm³/mol. The summed E-state index contributed by atoms with van der Waals surface area (Å²) >= 11 is -3.33. The molecule has 0 saturated carbocycles. The molecule has 0 bridgehead atoms. The van der Waals surface area contributed by atoms with Crippen molar-refractivity contribution in [3.8, 4) is 0 Å². The van der Waals surface area contributed by atoms with Crippen molar-refractivity contribution in [2.45, 2.75) is 39.7 Å². The molecule has 1 aromatic carbocycles. The van der Waals surface area contributed by atoms with Gasteiger partial charge in [-0.15, -0.1) is 0 Å². The number of rotatable bonds is 5. The van der Waals surface area contributed by atoms with Gasteiger partial charge in [0.2, 0.25) is 0 Å². The Kier molecular flexibility index (Phi) is 6.31. The van der Waals surface area contributed by atoms with Gasteiger partial charge in [0, 0.05) is 0 Å². The molecule has 0 aliphatic heterocycles. The van der Waals surface area contributed by atoms with E-state index in [0.717, 1.165) is 13.2 Å². The third-order valence-electron chi connectivity index (χ3n) is 3.55. The van der Waals surface area contributed by atoms with E-state index in [9.17, 15) is 26.3 Å². The molecule has 1 aromatic rings. The average molecular weight is 465 g/mol. The van der Waals surface area contributed by atoms with Crippen LogP contribution in [0.15, 0.2) is 18.2 Å². The van der Waals surface area contributed by atoms with Crippen LogP contribution in [0.3, 0.4) is 0 Å². The summed E-state index contributed by atoms with van der Waals surface area (Å²) in [6, 6.07) is 3.81. The fraction of sp³-hybridized carbons (Fsp3) is 0.600. The first kappa shape index (κ1) is 21.6. The van der Waals surface area contributed by atoms with E-state index in [1.165, 1.54) is 19.1 Å². The van der Waals surface area contributed by atoms with Crippen LogP contribution in [-0.4, -0.2) is 44.6 Å². The molecule has 0 aliphatic carbocycles. The number of hydrogen-bond donors (Lipinski definition) is 0. The fourth-order valence-electron chi connectivity index (χ4n) is 2.46. The van der Waals surface area contributed by atoms with Crippen LogP contribution in [0, 0.1) is 6.92 Å². The molecule has 24 heavy (non-hydrogen) atoms. The molecule has 1 rings (SSSR count). The molecule has 2 nitrogen and oxygen atoms in total. The third kappa shape index (κ3) is 4.01. The number of hydrogen-bond acceptors (Lipinski definition) is 2. The van der Waals surface area contributed by atoms with Crippen LogP contribution in [0.25, 0.3) is 0 Å². The average Bonchev–Trinajstić information content (AvgIpc) is 2.34. The van der Waals surface area contributed by atoms with Crippen LogP contribution >= 0.6 is 0 Å². The molecule has 0 fully saturated rings. The summed E-state index contributed by atoms with van der Waals surface area (Å²) in [5.74, 6) is 0. The molecule has 0 unspecified atom stereocenters. The molecule has 0 radical (unpaired) electrons. The molecule has 138 valence electrons. The minimum absolute atomic E-state index is 0.112. The molecular weight excluding hydrogens is 445 g/mol. The molecule has 0 aromatic heterocycles. The van der Waals surface area contributed by atoms with Gasteiger partial charge in [-0.25, -0.2) is 0 Å². The van der Waals surface area contributed by atoms with E-state index in [1.807, 2.05) is 0 Å². The monoisotopic (exact) mass is 466 g/mol. The van der Waals surface area contributed by atoms with Gasteiger partial charge in [0.05, 0.1) is 0 Å². The Morgan fingerprint density at radius 2 is 1.46 bits per heavy atom. The van der Waals surface area contributed by atoms with E-state index in [0.29, 0.717) is 5.56 Å². The van der Waals surface area contributed by atoms with E-state index in [4.69, 9.17) is 0 Å². The molecule has 0 amide bonds. The van der Waals surface area contributed by atoms with Crippen molar-refractivity contribution < 1.29 is 35.8 Å². The van der Waals surface area contributed by atoms with Crippen molar-refractivity contribution in [1.82, 2.24) is 0 Å². The maximum atomic E-state index is 13.7. The zero-order valence-corrected chi connectivity index (χ0v) is 16.9. The van der Waals surface area contributed by atoms with Crippen LogP contribution in [0.5, 0.6) is 0 Å². The Labute approximate surface area is 141 Å². The van der Waals surface area contributed by atoms with Crippen LogP contribution in [0.2, 0.25) is 14.8 Å². The molecule has 0 atom stereocenters. The second-order valence-corrected chi connectivity index (χ2v) is 20.9. The van der Waals surface area contributed by atoms with Gasteiger partial charge in [-0.3, -0.25) is 0 Å². The minimum atomic E-state index is -5.69. The molecule has 0 heterocycles. The zero-order chi connectivity index (χ0) is 19.0. The van der Waals surface area contributed by atoms with Crippen molar-refractivity contribution in [3.05, 3.63) is 29.3 Å². The Morgan fingerprint density at radius 1 is 0.958 bits per heavy atom. The van der Waals surface area contributed by atoms with Crippen molar-refractivity contribution in [2.24, 2.45) is 0 Å². The van der Waals surface area contributed by atoms with E-state index < -0.39 is 48.7 Å². The van der Waals surface area contributed by atoms with Crippen LogP contribution in [0.1, 0.15) is 11.1 Å². The van der Waals surface area contributed by atoms with Crippen molar-refractivity contribution in [1.29, 1.82) is 0 Å². The van der Waals surface area contributed by atoms with E-state index in [1.54, 1.807) is 14.8 Å². The van der Waals surface area contributed by atoms with Crippen molar-refractivity contribution >= 4 is 22.0 Å². The normalized spacial score (nSPS) is 14.1. The first-order valence-corrected chi connectivity index (χ1v) is 17.1. The summed E-state index contributed by atoms with van der Waals surface area (Å²) in [4.78, 5) is 5.24. The first-order valence-electron chi connectivity index (χ1n) is 7.06. The summed E-state index contributed by atoms with van der Waals surface area (Å²) in [5.41, 5.74) is -4.99. The van der Waals surface area contributed by atoms with Gasteiger partial charge >= 0.3 is 141 Å². The Bertz CT molecular complexity index is 561. The molecule has 0 spiro atoms. The van der Waals surface area contributed by atoms with Gasteiger partial charge < -0.3 is 0 Å².